The minimum atomic E-state index is 0.0213. The molecule has 160 valence electrons. The van der Waals surface area contributed by atoms with Crippen molar-refractivity contribution in [1.82, 2.24) is 9.80 Å². The monoisotopic (exact) mass is 398 g/mol. The summed E-state index contributed by atoms with van der Waals surface area (Å²) in [4.78, 5) is 18.1. The lowest BCUT2D eigenvalue weighted by Gasteiger charge is -2.43. The van der Waals surface area contributed by atoms with Gasteiger partial charge in [0.25, 0.3) is 0 Å². The molecule has 0 N–H and O–H groups in total. The number of fused-ring (bicyclic) bond motifs is 2. The standard InChI is InChI=1S/C25H38N2O2/c1-18-7-6-10-25(2)16-23-20(15-22(18)25)21(24(28)29-23)17-26-11-13-27(14-12-26)19-8-4-3-5-9-19/h7,15,19-21,23H,3-6,8-14,16-17H2,1-2H3/t20-,21?,23-,25-/m1/s1. The fourth-order valence-corrected chi connectivity index (χ4v) is 6.87. The van der Waals surface area contributed by atoms with E-state index in [9.17, 15) is 4.79 Å². The van der Waals surface area contributed by atoms with E-state index >= 15 is 0 Å². The number of piperazine rings is 1. The average molecular weight is 399 g/mol. The molecule has 0 radical (unpaired) electrons. The lowest BCUT2D eigenvalue weighted by Crippen LogP contribution is -2.52. The van der Waals surface area contributed by atoms with Crippen LogP contribution in [0.5, 0.6) is 0 Å². The van der Waals surface area contributed by atoms with Crippen LogP contribution in [0.4, 0.5) is 0 Å². The molecule has 0 aromatic carbocycles. The van der Waals surface area contributed by atoms with Crippen LogP contribution in [0.2, 0.25) is 0 Å². The Bertz CT molecular complexity index is 700. The molecule has 0 aromatic heterocycles. The van der Waals surface area contributed by atoms with Crippen LogP contribution < -0.4 is 0 Å². The van der Waals surface area contributed by atoms with Gasteiger partial charge in [-0.1, -0.05) is 43.9 Å². The number of rotatable bonds is 3. The maximum atomic E-state index is 12.8. The SMILES string of the molecule is CC1=CCC[C@]2(C)C[C@H]3OC(=O)C(CN4CCN(C5CCCCC5)CC4)[C@H]3C=C12. The Hall–Kier alpha value is -1.13. The molecule has 4 nitrogen and oxygen atoms in total. The number of esters is 1. The fraction of sp³-hybridized carbons (Fsp3) is 0.800. The summed E-state index contributed by atoms with van der Waals surface area (Å²) in [6, 6.07) is 0.813. The van der Waals surface area contributed by atoms with Gasteiger partial charge in [-0.05, 0) is 50.0 Å². The second kappa shape index (κ2) is 7.85. The lowest BCUT2D eigenvalue weighted by molar-refractivity contribution is -0.145. The molecule has 0 bridgehead atoms. The molecule has 3 fully saturated rings. The van der Waals surface area contributed by atoms with E-state index in [1.807, 2.05) is 0 Å². The predicted octanol–water partition coefficient (Wildman–Crippen LogP) is 4.17. The molecule has 4 heteroatoms. The normalized spacial score (nSPS) is 39.4. The van der Waals surface area contributed by atoms with Crippen molar-refractivity contribution in [3.8, 4) is 0 Å². The summed E-state index contributed by atoms with van der Waals surface area (Å²) in [5.74, 6) is 0.340. The Morgan fingerprint density at radius 1 is 1.14 bits per heavy atom. The molecular formula is C25H38N2O2. The topological polar surface area (TPSA) is 32.8 Å². The van der Waals surface area contributed by atoms with Crippen molar-refractivity contribution in [2.45, 2.75) is 77.4 Å². The third-order valence-corrected chi connectivity index (χ3v) is 8.65. The Morgan fingerprint density at radius 3 is 2.66 bits per heavy atom. The summed E-state index contributed by atoms with van der Waals surface area (Å²) >= 11 is 0. The largest absolute Gasteiger partial charge is 0.461 e. The van der Waals surface area contributed by atoms with Gasteiger partial charge in [0.2, 0.25) is 0 Å². The highest BCUT2D eigenvalue weighted by Crippen LogP contribution is 2.52. The second-order valence-corrected chi connectivity index (χ2v) is 10.6. The Labute approximate surface area is 176 Å². The highest BCUT2D eigenvalue weighted by atomic mass is 16.6. The van der Waals surface area contributed by atoms with E-state index in [0.29, 0.717) is 0 Å². The molecule has 0 aromatic rings. The zero-order valence-corrected chi connectivity index (χ0v) is 18.4. The van der Waals surface area contributed by atoms with Gasteiger partial charge in [0, 0.05) is 44.7 Å². The van der Waals surface area contributed by atoms with Gasteiger partial charge >= 0.3 is 5.97 Å². The van der Waals surface area contributed by atoms with Crippen molar-refractivity contribution >= 4 is 5.97 Å². The van der Waals surface area contributed by atoms with Gasteiger partial charge < -0.3 is 4.74 Å². The minimum absolute atomic E-state index is 0.0213. The van der Waals surface area contributed by atoms with Crippen LogP contribution in [0.25, 0.3) is 0 Å². The molecule has 3 aliphatic carbocycles. The molecule has 5 aliphatic rings. The van der Waals surface area contributed by atoms with Gasteiger partial charge in [-0.2, -0.15) is 0 Å². The zero-order chi connectivity index (χ0) is 20.0. The molecule has 1 saturated carbocycles. The Kier molecular flexibility index (Phi) is 5.36. The molecule has 2 aliphatic heterocycles. The van der Waals surface area contributed by atoms with Crippen molar-refractivity contribution in [3.63, 3.8) is 0 Å². The van der Waals surface area contributed by atoms with Gasteiger partial charge in [0.05, 0.1) is 5.92 Å². The molecule has 2 heterocycles. The van der Waals surface area contributed by atoms with Crippen LogP contribution in [-0.4, -0.2) is 60.6 Å². The fourth-order valence-electron chi connectivity index (χ4n) is 6.87. The van der Waals surface area contributed by atoms with E-state index in [1.165, 1.54) is 62.8 Å². The number of nitrogens with zero attached hydrogens (tertiary/aromatic N) is 2. The molecule has 1 unspecified atom stereocenters. The Balaban J connectivity index is 1.24. The summed E-state index contributed by atoms with van der Waals surface area (Å²) in [7, 11) is 0. The van der Waals surface area contributed by atoms with E-state index in [0.717, 1.165) is 38.5 Å². The number of allylic oxidation sites excluding steroid dienone is 3. The van der Waals surface area contributed by atoms with Crippen molar-refractivity contribution in [1.29, 1.82) is 0 Å². The van der Waals surface area contributed by atoms with Crippen LogP contribution in [0.3, 0.4) is 0 Å². The van der Waals surface area contributed by atoms with Crippen LogP contribution >= 0.6 is 0 Å². The smallest absolute Gasteiger partial charge is 0.311 e. The number of hydrogen-bond donors (Lipinski definition) is 0. The first-order valence-corrected chi connectivity index (χ1v) is 12.1. The van der Waals surface area contributed by atoms with Crippen LogP contribution in [0.15, 0.2) is 23.3 Å². The summed E-state index contributed by atoms with van der Waals surface area (Å²) in [5, 5.41) is 0. The van der Waals surface area contributed by atoms with E-state index in [1.54, 1.807) is 0 Å². The van der Waals surface area contributed by atoms with Gasteiger partial charge in [-0.3, -0.25) is 14.6 Å². The van der Waals surface area contributed by atoms with E-state index in [2.05, 4.69) is 35.8 Å². The summed E-state index contributed by atoms with van der Waals surface area (Å²) in [5.41, 5.74) is 3.12. The molecule has 0 amide bonds. The van der Waals surface area contributed by atoms with Crippen LogP contribution in [0.1, 0.15) is 65.2 Å². The quantitative estimate of drug-likeness (QED) is 0.668. The van der Waals surface area contributed by atoms with Gasteiger partial charge in [0.15, 0.2) is 0 Å². The van der Waals surface area contributed by atoms with E-state index in [4.69, 9.17) is 4.74 Å². The zero-order valence-electron chi connectivity index (χ0n) is 18.4. The van der Waals surface area contributed by atoms with Crippen molar-refractivity contribution in [2.75, 3.05) is 32.7 Å². The highest BCUT2D eigenvalue weighted by Gasteiger charge is 2.51. The summed E-state index contributed by atoms with van der Waals surface area (Å²) in [6.07, 6.45) is 15.3. The van der Waals surface area contributed by atoms with Crippen LogP contribution in [0, 0.1) is 17.3 Å². The molecule has 5 rings (SSSR count). The average Bonchev–Trinajstić information content (AvgIpc) is 3.01. The molecule has 29 heavy (non-hydrogen) atoms. The van der Waals surface area contributed by atoms with Crippen LogP contribution in [-0.2, 0) is 9.53 Å². The third kappa shape index (κ3) is 3.72. The highest BCUT2D eigenvalue weighted by molar-refractivity contribution is 5.76. The minimum Gasteiger partial charge on any atom is -0.461 e. The summed E-state index contributed by atoms with van der Waals surface area (Å²) in [6.45, 7) is 10.0. The van der Waals surface area contributed by atoms with Crippen molar-refractivity contribution in [3.05, 3.63) is 23.3 Å². The second-order valence-electron chi connectivity index (χ2n) is 10.6. The van der Waals surface area contributed by atoms with E-state index in [-0.39, 0.29) is 29.3 Å². The molecule has 2 saturated heterocycles. The first-order valence-electron chi connectivity index (χ1n) is 12.1. The first-order chi connectivity index (χ1) is 14.0. The van der Waals surface area contributed by atoms with Gasteiger partial charge in [-0.25, -0.2) is 0 Å². The number of carbonyl (C=O) groups is 1. The Morgan fingerprint density at radius 2 is 1.90 bits per heavy atom. The summed E-state index contributed by atoms with van der Waals surface area (Å²) < 4.78 is 5.95. The van der Waals surface area contributed by atoms with E-state index < -0.39 is 0 Å². The molecule has 4 atom stereocenters. The first kappa shape index (κ1) is 19.8. The number of ether oxygens (including phenoxy) is 1. The number of hydrogen-bond acceptors (Lipinski definition) is 4. The lowest BCUT2D eigenvalue weighted by atomic mass is 9.62. The van der Waals surface area contributed by atoms with Gasteiger partial charge in [-0.15, -0.1) is 0 Å². The molecule has 0 spiro atoms. The van der Waals surface area contributed by atoms with Gasteiger partial charge in [0.1, 0.15) is 6.10 Å². The van der Waals surface area contributed by atoms with Crippen molar-refractivity contribution in [2.24, 2.45) is 17.3 Å². The molecular weight excluding hydrogens is 360 g/mol. The number of carbonyl (C=O) groups excluding carboxylic acids is 1. The maximum Gasteiger partial charge on any atom is 0.311 e. The predicted molar refractivity (Wildman–Crippen MR) is 116 cm³/mol. The van der Waals surface area contributed by atoms with Crippen molar-refractivity contribution < 1.29 is 9.53 Å². The maximum absolute atomic E-state index is 12.8. The third-order valence-electron chi connectivity index (χ3n) is 8.65.